The van der Waals surface area contributed by atoms with Crippen molar-refractivity contribution in [1.82, 2.24) is 0 Å². The molecule has 0 amide bonds. The van der Waals surface area contributed by atoms with Crippen LogP contribution in [0.25, 0.3) is 0 Å². The van der Waals surface area contributed by atoms with E-state index in [9.17, 15) is 0 Å². The van der Waals surface area contributed by atoms with Crippen LogP contribution in [0.3, 0.4) is 0 Å². The van der Waals surface area contributed by atoms with Gasteiger partial charge in [-0.05, 0) is 75.4 Å². The first-order chi connectivity index (χ1) is 13.6. The lowest BCUT2D eigenvalue weighted by Gasteiger charge is -2.15. The Morgan fingerprint density at radius 2 is 1.54 bits per heavy atom. The topological polar surface area (TPSA) is 30.5 Å². The van der Waals surface area contributed by atoms with Crippen LogP contribution in [-0.2, 0) is 19.6 Å². The number of methoxy groups -OCH3 is 1. The second-order valence-corrected chi connectivity index (χ2v) is 8.20. The Morgan fingerprint density at radius 3 is 2.18 bits per heavy atom. The Hall–Kier alpha value is -1.98. The molecule has 0 saturated heterocycles. The van der Waals surface area contributed by atoms with Gasteiger partial charge in [-0.15, -0.1) is 0 Å². The van der Waals surface area contributed by atoms with Crippen molar-refractivity contribution in [3.8, 4) is 11.5 Å². The van der Waals surface area contributed by atoms with Crippen molar-refractivity contribution < 1.29 is 9.47 Å². The van der Waals surface area contributed by atoms with Gasteiger partial charge >= 0.3 is 0 Å². The number of ether oxygens (including phenoxy) is 2. The minimum absolute atomic E-state index is 0.476. The summed E-state index contributed by atoms with van der Waals surface area (Å²) in [6, 6.07) is 20.7. The molecule has 3 nitrogen and oxygen atoms in total. The van der Waals surface area contributed by atoms with Crippen LogP contribution in [0.2, 0.25) is 0 Å². The molecular weight excluding hydrogens is 482 g/mol. The predicted octanol–water partition coefficient (Wildman–Crippen LogP) is 6.97. The molecule has 0 radical (unpaired) electrons. The van der Waals surface area contributed by atoms with Gasteiger partial charge in [0.05, 0.1) is 11.6 Å². The molecule has 0 aliphatic rings. The van der Waals surface area contributed by atoms with E-state index in [1.807, 2.05) is 30.3 Å². The van der Waals surface area contributed by atoms with E-state index in [0.717, 1.165) is 32.2 Å². The number of aryl methyl sites for hydroxylation is 1. The van der Waals surface area contributed by atoms with Gasteiger partial charge in [0, 0.05) is 16.7 Å². The molecular formula is C23H23Br2NO2. The number of nitrogens with one attached hydrogen (secondary N) is 1. The molecule has 0 heterocycles. The molecule has 146 valence electrons. The van der Waals surface area contributed by atoms with Gasteiger partial charge in [-0.25, -0.2) is 0 Å². The molecule has 3 aromatic carbocycles. The fourth-order valence-corrected chi connectivity index (χ4v) is 3.68. The molecule has 0 bridgehead atoms. The van der Waals surface area contributed by atoms with Gasteiger partial charge in [0.25, 0.3) is 0 Å². The molecule has 3 aromatic rings. The van der Waals surface area contributed by atoms with Crippen molar-refractivity contribution in [3.63, 3.8) is 0 Å². The lowest BCUT2D eigenvalue weighted by Crippen LogP contribution is -2.03. The molecule has 0 atom stereocenters. The fourth-order valence-electron chi connectivity index (χ4n) is 2.81. The average molecular weight is 505 g/mol. The summed E-state index contributed by atoms with van der Waals surface area (Å²) >= 11 is 7.08. The molecule has 0 saturated carbocycles. The lowest BCUT2D eigenvalue weighted by molar-refractivity contribution is 0.282. The van der Waals surface area contributed by atoms with Gasteiger partial charge in [0.15, 0.2) is 11.5 Å². The lowest BCUT2D eigenvalue weighted by atomic mass is 10.1. The zero-order valence-electron chi connectivity index (χ0n) is 16.0. The Kier molecular flexibility index (Phi) is 7.40. The predicted molar refractivity (Wildman–Crippen MR) is 122 cm³/mol. The minimum Gasteiger partial charge on any atom is -0.493 e. The van der Waals surface area contributed by atoms with Crippen LogP contribution in [-0.4, -0.2) is 7.11 Å². The molecule has 0 spiro atoms. The van der Waals surface area contributed by atoms with Gasteiger partial charge in [-0.2, -0.15) is 0 Å². The Morgan fingerprint density at radius 1 is 0.857 bits per heavy atom. The third-order valence-electron chi connectivity index (χ3n) is 4.44. The van der Waals surface area contributed by atoms with Crippen molar-refractivity contribution in [2.24, 2.45) is 0 Å². The largest absolute Gasteiger partial charge is 0.493 e. The third kappa shape index (κ3) is 5.52. The summed E-state index contributed by atoms with van der Waals surface area (Å²) in [6.07, 6.45) is 1.05. The summed E-state index contributed by atoms with van der Waals surface area (Å²) in [4.78, 5) is 0. The van der Waals surface area contributed by atoms with Gasteiger partial charge in [0.2, 0.25) is 0 Å². The van der Waals surface area contributed by atoms with Crippen LogP contribution in [0.1, 0.15) is 23.6 Å². The van der Waals surface area contributed by atoms with E-state index >= 15 is 0 Å². The highest BCUT2D eigenvalue weighted by molar-refractivity contribution is 9.10. The molecule has 0 unspecified atom stereocenters. The highest BCUT2D eigenvalue weighted by Gasteiger charge is 2.12. The van der Waals surface area contributed by atoms with Crippen molar-refractivity contribution in [2.45, 2.75) is 26.5 Å². The van der Waals surface area contributed by atoms with Gasteiger partial charge in [-0.1, -0.05) is 47.1 Å². The number of rotatable bonds is 8. The monoisotopic (exact) mass is 503 g/mol. The van der Waals surface area contributed by atoms with Crippen LogP contribution in [0.4, 0.5) is 5.69 Å². The van der Waals surface area contributed by atoms with Crippen molar-refractivity contribution in [1.29, 1.82) is 0 Å². The average Bonchev–Trinajstić information content (AvgIpc) is 2.72. The smallest absolute Gasteiger partial charge is 0.175 e. The second-order valence-electron chi connectivity index (χ2n) is 6.43. The first-order valence-corrected chi connectivity index (χ1v) is 10.7. The summed E-state index contributed by atoms with van der Waals surface area (Å²) in [7, 11) is 1.66. The molecule has 0 fully saturated rings. The molecule has 3 rings (SSSR count). The fraction of sp³-hybridized carbons (Fsp3) is 0.217. The van der Waals surface area contributed by atoms with E-state index in [1.54, 1.807) is 7.11 Å². The first kappa shape index (κ1) is 20.7. The summed E-state index contributed by atoms with van der Waals surface area (Å²) in [6.45, 7) is 3.34. The van der Waals surface area contributed by atoms with Crippen LogP contribution in [0, 0.1) is 0 Å². The Bertz CT molecular complexity index is 909. The number of benzene rings is 3. The highest BCUT2D eigenvalue weighted by atomic mass is 79.9. The number of halogens is 2. The maximum absolute atomic E-state index is 6.02. The van der Waals surface area contributed by atoms with Crippen LogP contribution in [0.15, 0.2) is 69.6 Å². The standard InChI is InChI=1S/C23H23Br2NO2/c1-3-16-6-10-20(11-7-16)26-14-18-12-21(25)23(22(13-18)27-2)28-15-17-4-8-19(24)9-5-17/h4-13,26H,3,14-15H2,1-2H3. The zero-order chi connectivity index (χ0) is 19.9. The summed E-state index contributed by atoms with van der Waals surface area (Å²) in [5.41, 5.74) is 4.64. The molecule has 0 aliphatic heterocycles. The van der Waals surface area contributed by atoms with E-state index in [0.29, 0.717) is 24.7 Å². The molecule has 0 aliphatic carbocycles. The van der Waals surface area contributed by atoms with Crippen molar-refractivity contribution in [3.05, 3.63) is 86.3 Å². The van der Waals surface area contributed by atoms with E-state index in [2.05, 4.69) is 74.4 Å². The SMILES string of the molecule is CCc1ccc(NCc2cc(Br)c(OCc3ccc(Br)cc3)c(OC)c2)cc1. The number of hydrogen-bond acceptors (Lipinski definition) is 3. The first-order valence-electron chi connectivity index (χ1n) is 9.15. The maximum atomic E-state index is 6.02. The van der Waals surface area contributed by atoms with Gasteiger partial charge in [-0.3, -0.25) is 0 Å². The van der Waals surface area contributed by atoms with E-state index in [1.165, 1.54) is 5.56 Å². The quantitative estimate of drug-likeness (QED) is 0.359. The van der Waals surface area contributed by atoms with E-state index < -0.39 is 0 Å². The number of anilines is 1. The van der Waals surface area contributed by atoms with Crippen molar-refractivity contribution >= 4 is 37.5 Å². The zero-order valence-corrected chi connectivity index (χ0v) is 19.1. The van der Waals surface area contributed by atoms with Crippen LogP contribution in [0.5, 0.6) is 11.5 Å². The van der Waals surface area contributed by atoms with Crippen LogP contribution >= 0.6 is 31.9 Å². The Labute approximate surface area is 183 Å². The Balaban J connectivity index is 1.68. The van der Waals surface area contributed by atoms with Crippen LogP contribution < -0.4 is 14.8 Å². The van der Waals surface area contributed by atoms with Gasteiger partial charge < -0.3 is 14.8 Å². The third-order valence-corrected chi connectivity index (χ3v) is 5.56. The molecule has 5 heteroatoms. The summed E-state index contributed by atoms with van der Waals surface area (Å²) in [5, 5.41) is 3.45. The second kappa shape index (κ2) is 9.99. The van der Waals surface area contributed by atoms with E-state index in [4.69, 9.17) is 9.47 Å². The maximum Gasteiger partial charge on any atom is 0.175 e. The van der Waals surface area contributed by atoms with E-state index in [-0.39, 0.29) is 0 Å². The highest BCUT2D eigenvalue weighted by Crippen LogP contribution is 2.37. The molecule has 1 N–H and O–H groups in total. The summed E-state index contributed by atoms with van der Waals surface area (Å²) in [5.74, 6) is 1.42. The summed E-state index contributed by atoms with van der Waals surface area (Å²) < 4.78 is 13.5. The van der Waals surface area contributed by atoms with Gasteiger partial charge in [0.1, 0.15) is 6.61 Å². The normalized spacial score (nSPS) is 10.6. The molecule has 28 heavy (non-hydrogen) atoms. The minimum atomic E-state index is 0.476. The molecule has 0 aromatic heterocycles. The number of hydrogen-bond donors (Lipinski definition) is 1. The van der Waals surface area contributed by atoms with Crippen molar-refractivity contribution in [2.75, 3.05) is 12.4 Å².